The Balaban J connectivity index is 0.00000529. The first-order chi connectivity index (χ1) is 11.3. The summed E-state index contributed by atoms with van der Waals surface area (Å²) >= 11 is 0. The lowest BCUT2D eigenvalue weighted by molar-refractivity contribution is 0.581. The van der Waals surface area contributed by atoms with Gasteiger partial charge in [-0.05, 0) is 6.42 Å². The van der Waals surface area contributed by atoms with Gasteiger partial charge in [-0.2, -0.15) is 0 Å². The zero-order chi connectivity index (χ0) is 16.8. The van der Waals surface area contributed by atoms with Gasteiger partial charge in [0.15, 0.2) is 5.96 Å². The first-order valence-corrected chi connectivity index (χ1v) is 9.13. The van der Waals surface area contributed by atoms with Crippen LogP contribution in [0.3, 0.4) is 0 Å². The maximum absolute atomic E-state index is 4.26. The molecule has 0 aliphatic heterocycles. The minimum Gasteiger partial charge on any atom is -0.356 e. The molecular formula is C17H35IN6. The van der Waals surface area contributed by atoms with E-state index in [4.69, 9.17) is 0 Å². The van der Waals surface area contributed by atoms with Crippen LogP contribution >= 0.6 is 24.0 Å². The second kappa shape index (κ2) is 15.7. The lowest BCUT2D eigenvalue weighted by Gasteiger charge is -2.12. The average molecular weight is 450 g/mol. The van der Waals surface area contributed by atoms with Crippen LogP contribution in [0, 0.1) is 0 Å². The van der Waals surface area contributed by atoms with E-state index in [2.05, 4.69) is 44.2 Å². The van der Waals surface area contributed by atoms with Gasteiger partial charge < -0.3 is 15.2 Å². The van der Waals surface area contributed by atoms with Crippen molar-refractivity contribution >= 4 is 29.9 Å². The maximum Gasteiger partial charge on any atom is 0.191 e. The number of rotatable bonds is 12. The molecule has 0 aliphatic rings. The van der Waals surface area contributed by atoms with Crippen molar-refractivity contribution < 1.29 is 0 Å². The van der Waals surface area contributed by atoms with E-state index in [1.807, 2.05) is 7.05 Å². The van der Waals surface area contributed by atoms with Crippen molar-refractivity contribution in [2.24, 2.45) is 4.99 Å². The van der Waals surface area contributed by atoms with Crippen LogP contribution in [0.2, 0.25) is 0 Å². The summed E-state index contributed by atoms with van der Waals surface area (Å²) in [7, 11) is 1.82. The highest BCUT2D eigenvalue weighted by atomic mass is 127. The van der Waals surface area contributed by atoms with E-state index < -0.39 is 0 Å². The smallest absolute Gasteiger partial charge is 0.191 e. The summed E-state index contributed by atoms with van der Waals surface area (Å²) in [5, 5.41) is 14.8. The van der Waals surface area contributed by atoms with Crippen molar-refractivity contribution in [3.63, 3.8) is 0 Å². The Morgan fingerprint density at radius 1 is 1.04 bits per heavy atom. The molecule has 24 heavy (non-hydrogen) atoms. The van der Waals surface area contributed by atoms with Crippen LogP contribution in [0.25, 0.3) is 0 Å². The number of halogens is 1. The molecule has 1 aromatic rings. The third-order valence-electron chi connectivity index (χ3n) is 3.95. The van der Waals surface area contributed by atoms with Gasteiger partial charge in [-0.25, -0.2) is 0 Å². The van der Waals surface area contributed by atoms with Gasteiger partial charge in [0.05, 0.1) is 0 Å². The molecule has 0 fully saturated rings. The lowest BCUT2D eigenvalue weighted by atomic mass is 10.1. The molecule has 1 heterocycles. The van der Waals surface area contributed by atoms with Crippen LogP contribution in [0.1, 0.15) is 64.6 Å². The predicted octanol–water partition coefficient (Wildman–Crippen LogP) is 3.37. The summed E-state index contributed by atoms with van der Waals surface area (Å²) < 4.78 is 2.08. The SMILES string of the molecule is CCCCCCCCCNC(=NC)NCCn1cnnc1CC.I. The van der Waals surface area contributed by atoms with Crippen LogP contribution in [-0.2, 0) is 13.0 Å². The largest absolute Gasteiger partial charge is 0.356 e. The minimum atomic E-state index is 0. The number of aryl methyl sites for hydroxylation is 1. The summed E-state index contributed by atoms with van der Waals surface area (Å²) in [6.07, 6.45) is 12.0. The molecule has 0 aliphatic carbocycles. The Labute approximate surface area is 164 Å². The van der Waals surface area contributed by atoms with Crippen molar-refractivity contribution in [1.82, 2.24) is 25.4 Å². The molecule has 0 amide bonds. The highest BCUT2D eigenvalue weighted by Crippen LogP contribution is 2.06. The Bertz CT molecular complexity index is 432. The number of hydrogen-bond donors (Lipinski definition) is 2. The van der Waals surface area contributed by atoms with Gasteiger partial charge in [-0.15, -0.1) is 34.2 Å². The summed E-state index contributed by atoms with van der Waals surface area (Å²) in [5.74, 6) is 1.90. The van der Waals surface area contributed by atoms with E-state index >= 15 is 0 Å². The fourth-order valence-electron chi connectivity index (χ4n) is 2.54. The molecule has 0 spiro atoms. The normalized spacial score (nSPS) is 11.2. The maximum atomic E-state index is 4.26. The molecule has 0 aromatic carbocycles. The zero-order valence-corrected chi connectivity index (χ0v) is 17.9. The van der Waals surface area contributed by atoms with E-state index in [0.717, 1.165) is 37.8 Å². The molecule has 0 unspecified atom stereocenters. The molecule has 140 valence electrons. The second-order valence-corrected chi connectivity index (χ2v) is 5.84. The van der Waals surface area contributed by atoms with Gasteiger partial charge in [-0.1, -0.05) is 52.4 Å². The van der Waals surface area contributed by atoms with E-state index in [0.29, 0.717) is 0 Å². The summed E-state index contributed by atoms with van der Waals surface area (Å²) in [6, 6.07) is 0. The van der Waals surface area contributed by atoms with Gasteiger partial charge in [0, 0.05) is 33.1 Å². The van der Waals surface area contributed by atoms with Gasteiger partial charge in [0.1, 0.15) is 12.2 Å². The van der Waals surface area contributed by atoms with Gasteiger partial charge in [0.2, 0.25) is 0 Å². The highest BCUT2D eigenvalue weighted by Gasteiger charge is 2.02. The van der Waals surface area contributed by atoms with Crippen LogP contribution in [0.4, 0.5) is 0 Å². The van der Waals surface area contributed by atoms with Crippen LogP contribution in [-0.4, -0.2) is 40.9 Å². The van der Waals surface area contributed by atoms with Crippen molar-refractivity contribution in [3.05, 3.63) is 12.2 Å². The Morgan fingerprint density at radius 2 is 1.71 bits per heavy atom. The van der Waals surface area contributed by atoms with Gasteiger partial charge >= 0.3 is 0 Å². The number of aliphatic imine (C=N–C) groups is 1. The van der Waals surface area contributed by atoms with E-state index in [9.17, 15) is 0 Å². The highest BCUT2D eigenvalue weighted by molar-refractivity contribution is 14.0. The molecule has 0 bridgehead atoms. The molecule has 0 saturated carbocycles. The van der Waals surface area contributed by atoms with E-state index in [-0.39, 0.29) is 24.0 Å². The average Bonchev–Trinajstić information content (AvgIpc) is 3.03. The zero-order valence-electron chi connectivity index (χ0n) is 15.6. The summed E-state index contributed by atoms with van der Waals surface area (Å²) in [4.78, 5) is 4.26. The number of aromatic nitrogens is 3. The molecule has 0 radical (unpaired) electrons. The van der Waals surface area contributed by atoms with Crippen molar-refractivity contribution in [2.45, 2.75) is 71.8 Å². The fourth-order valence-corrected chi connectivity index (χ4v) is 2.54. The van der Waals surface area contributed by atoms with Gasteiger partial charge in [0.25, 0.3) is 0 Å². The monoisotopic (exact) mass is 450 g/mol. The first kappa shape index (κ1) is 23.1. The third-order valence-corrected chi connectivity index (χ3v) is 3.95. The van der Waals surface area contributed by atoms with Crippen molar-refractivity contribution in [2.75, 3.05) is 20.1 Å². The minimum absolute atomic E-state index is 0. The molecule has 1 rings (SSSR count). The Hall–Kier alpha value is -0.860. The molecule has 0 saturated heterocycles. The predicted molar refractivity (Wildman–Crippen MR) is 112 cm³/mol. The van der Waals surface area contributed by atoms with E-state index in [1.165, 1.54) is 44.9 Å². The standard InChI is InChI=1S/C17H34N6.HI/c1-4-6-7-8-9-10-11-12-19-17(18-3)20-13-14-23-15-21-22-16(23)5-2;/h15H,4-14H2,1-3H3,(H2,18,19,20);1H. The fraction of sp³-hybridized carbons (Fsp3) is 0.824. The van der Waals surface area contributed by atoms with Gasteiger partial charge in [-0.3, -0.25) is 4.99 Å². The molecule has 6 nitrogen and oxygen atoms in total. The Morgan fingerprint density at radius 3 is 2.38 bits per heavy atom. The number of unbranched alkanes of at least 4 members (excludes halogenated alkanes) is 6. The first-order valence-electron chi connectivity index (χ1n) is 9.13. The van der Waals surface area contributed by atoms with Crippen molar-refractivity contribution in [1.29, 1.82) is 0 Å². The molecule has 1 aromatic heterocycles. The number of nitrogens with one attached hydrogen (secondary N) is 2. The lowest BCUT2D eigenvalue weighted by Crippen LogP contribution is -2.39. The summed E-state index contributed by atoms with van der Waals surface area (Å²) in [5.41, 5.74) is 0. The van der Waals surface area contributed by atoms with Crippen LogP contribution in [0.15, 0.2) is 11.3 Å². The van der Waals surface area contributed by atoms with Crippen molar-refractivity contribution in [3.8, 4) is 0 Å². The third kappa shape index (κ3) is 10.1. The topological polar surface area (TPSA) is 67.1 Å². The van der Waals surface area contributed by atoms with Crippen LogP contribution in [0.5, 0.6) is 0 Å². The number of nitrogens with zero attached hydrogens (tertiary/aromatic N) is 4. The Kier molecular flexibility index (Phi) is 15.1. The number of guanidine groups is 1. The van der Waals surface area contributed by atoms with E-state index in [1.54, 1.807) is 6.33 Å². The molecular weight excluding hydrogens is 415 g/mol. The molecule has 7 heteroatoms. The number of hydrogen-bond acceptors (Lipinski definition) is 3. The molecule has 0 atom stereocenters. The molecule has 2 N–H and O–H groups in total. The second-order valence-electron chi connectivity index (χ2n) is 5.84. The summed E-state index contributed by atoms with van der Waals surface area (Å²) in [6.45, 7) is 7.02. The quantitative estimate of drug-likeness (QED) is 0.222. The van der Waals surface area contributed by atoms with Crippen LogP contribution < -0.4 is 10.6 Å².